The molecule has 1 aromatic heterocycles. The van der Waals surface area contributed by atoms with E-state index in [9.17, 15) is 24.3 Å². The standard InChI is InChI=1S/C33H40N4O9/c1-32(2,3)44-30(41)27(46-37-28(39)24-10-8-9-11-25(24)29(37)40)20-43-23-14-12-21(13-15-23)26-16-17-36(35(26)7)19-22(38)18-34-31(42)45-33(4,5)6/h8-17,22,27,38H,18-20H2,1-7H3/p+1/t22?,27-/m0/s1. The fraction of sp³-hybridized carbons (Fsp3) is 0.424. The molecule has 246 valence electrons. The normalized spacial score (nSPS) is 14.5. The van der Waals surface area contributed by atoms with E-state index in [0.717, 1.165) is 11.3 Å². The van der Waals surface area contributed by atoms with Crippen molar-refractivity contribution in [3.8, 4) is 17.0 Å². The van der Waals surface area contributed by atoms with Gasteiger partial charge in [-0.15, -0.1) is 9.75 Å². The van der Waals surface area contributed by atoms with Crippen molar-refractivity contribution in [1.82, 2.24) is 15.1 Å². The number of amides is 3. The average Bonchev–Trinajstić information content (AvgIpc) is 3.44. The maximum absolute atomic E-state index is 13.0. The van der Waals surface area contributed by atoms with Gasteiger partial charge in [-0.3, -0.25) is 9.59 Å². The predicted molar refractivity (Wildman–Crippen MR) is 164 cm³/mol. The molecular weight excluding hydrogens is 596 g/mol. The molecule has 2 heterocycles. The summed E-state index contributed by atoms with van der Waals surface area (Å²) in [6.07, 6.45) is -1.04. The Bertz CT molecular complexity index is 1550. The van der Waals surface area contributed by atoms with Crippen LogP contribution in [-0.2, 0) is 32.7 Å². The number of alkyl carbamates (subject to hydrolysis) is 1. The molecule has 0 saturated heterocycles. The van der Waals surface area contributed by atoms with Gasteiger partial charge in [-0.05, 0) is 77.9 Å². The van der Waals surface area contributed by atoms with E-state index in [1.165, 1.54) is 12.1 Å². The molecule has 0 aliphatic carbocycles. The van der Waals surface area contributed by atoms with E-state index in [1.54, 1.807) is 65.8 Å². The van der Waals surface area contributed by atoms with Gasteiger partial charge < -0.3 is 24.6 Å². The fourth-order valence-electron chi connectivity index (χ4n) is 4.56. The second-order valence-electron chi connectivity index (χ2n) is 12.8. The number of aromatic nitrogens is 2. The molecule has 46 heavy (non-hydrogen) atoms. The topological polar surface area (TPSA) is 150 Å². The van der Waals surface area contributed by atoms with Gasteiger partial charge in [-0.2, -0.15) is 4.68 Å². The second kappa shape index (κ2) is 13.7. The summed E-state index contributed by atoms with van der Waals surface area (Å²) in [7, 11) is 1.84. The van der Waals surface area contributed by atoms with Crippen molar-refractivity contribution in [1.29, 1.82) is 0 Å². The minimum absolute atomic E-state index is 0.0233. The molecule has 4 rings (SSSR count). The summed E-state index contributed by atoms with van der Waals surface area (Å²) in [5, 5.41) is 13.6. The summed E-state index contributed by atoms with van der Waals surface area (Å²) in [5.74, 6) is -1.73. The van der Waals surface area contributed by atoms with E-state index in [2.05, 4.69) is 5.32 Å². The number of esters is 1. The van der Waals surface area contributed by atoms with Gasteiger partial charge in [-0.25, -0.2) is 14.4 Å². The summed E-state index contributed by atoms with van der Waals surface area (Å²) in [5.41, 5.74) is 0.577. The van der Waals surface area contributed by atoms with Crippen molar-refractivity contribution in [2.24, 2.45) is 7.05 Å². The number of rotatable bonds is 11. The first kappa shape index (κ1) is 34.1. The number of nitrogens with zero attached hydrogens (tertiary/aromatic N) is 3. The predicted octanol–water partition coefficient (Wildman–Crippen LogP) is 3.18. The molecule has 0 bridgehead atoms. The molecule has 3 amide bonds. The van der Waals surface area contributed by atoms with Crippen molar-refractivity contribution in [3.63, 3.8) is 0 Å². The first-order valence-electron chi connectivity index (χ1n) is 14.8. The van der Waals surface area contributed by atoms with Crippen molar-refractivity contribution in [3.05, 3.63) is 71.9 Å². The molecule has 13 nitrogen and oxygen atoms in total. The van der Waals surface area contributed by atoms with Gasteiger partial charge in [0.15, 0.2) is 12.7 Å². The summed E-state index contributed by atoms with van der Waals surface area (Å²) in [6, 6.07) is 15.2. The number of nitrogens with one attached hydrogen (secondary N) is 1. The largest absolute Gasteiger partial charge is 0.490 e. The van der Waals surface area contributed by atoms with Crippen molar-refractivity contribution >= 4 is 23.9 Å². The van der Waals surface area contributed by atoms with Crippen LogP contribution in [0.15, 0.2) is 60.8 Å². The lowest BCUT2D eigenvalue weighted by Gasteiger charge is -2.26. The molecule has 2 atom stereocenters. The number of fused-ring (bicyclic) bond motifs is 1. The molecule has 2 N–H and O–H groups in total. The number of ether oxygens (including phenoxy) is 3. The monoisotopic (exact) mass is 637 g/mol. The minimum Gasteiger partial charge on any atom is -0.490 e. The fourth-order valence-corrected chi connectivity index (χ4v) is 4.56. The highest BCUT2D eigenvalue weighted by molar-refractivity contribution is 6.20. The maximum Gasteiger partial charge on any atom is 0.407 e. The van der Waals surface area contributed by atoms with Crippen LogP contribution < -0.4 is 14.7 Å². The molecule has 0 saturated carbocycles. The number of hydroxylamine groups is 2. The number of aliphatic hydroxyl groups excluding tert-OH is 1. The zero-order valence-electron chi connectivity index (χ0n) is 27.1. The summed E-state index contributed by atoms with van der Waals surface area (Å²) in [6.45, 7) is 10.3. The summed E-state index contributed by atoms with van der Waals surface area (Å²) in [4.78, 5) is 56.2. The van der Waals surface area contributed by atoms with Gasteiger partial charge in [0.2, 0.25) is 6.10 Å². The van der Waals surface area contributed by atoms with Crippen LogP contribution in [0.3, 0.4) is 0 Å². The van der Waals surface area contributed by atoms with Crippen LogP contribution in [0.4, 0.5) is 4.79 Å². The lowest BCUT2D eigenvalue weighted by Crippen LogP contribution is -2.49. The number of carbonyl (C=O) groups excluding carboxylic acids is 4. The Hall–Kier alpha value is -4.75. The SMILES string of the molecule is Cn1c(-c2ccc(OC[C@H](ON3C(=O)c4ccccc4C3=O)C(=O)OC(C)(C)C)cc2)cc[n+]1CC(O)CNC(=O)OC(C)(C)C. The van der Waals surface area contributed by atoms with Gasteiger partial charge >= 0.3 is 12.1 Å². The van der Waals surface area contributed by atoms with E-state index >= 15 is 0 Å². The highest BCUT2D eigenvalue weighted by atomic mass is 16.7. The highest BCUT2D eigenvalue weighted by Gasteiger charge is 2.40. The lowest BCUT2D eigenvalue weighted by molar-refractivity contribution is -0.777. The van der Waals surface area contributed by atoms with Crippen LogP contribution in [0.5, 0.6) is 5.75 Å². The van der Waals surface area contributed by atoms with Crippen molar-refractivity contribution in [2.45, 2.75) is 71.5 Å². The van der Waals surface area contributed by atoms with E-state index in [0.29, 0.717) is 10.8 Å². The molecule has 13 heteroatoms. The summed E-state index contributed by atoms with van der Waals surface area (Å²) < 4.78 is 20.2. The lowest BCUT2D eigenvalue weighted by atomic mass is 10.1. The van der Waals surface area contributed by atoms with Crippen molar-refractivity contribution < 1.29 is 48.0 Å². The molecule has 1 unspecified atom stereocenters. The first-order chi connectivity index (χ1) is 21.5. The van der Waals surface area contributed by atoms with Crippen LogP contribution >= 0.6 is 0 Å². The first-order valence-corrected chi connectivity index (χ1v) is 14.8. The molecule has 0 fully saturated rings. The smallest absolute Gasteiger partial charge is 0.407 e. The Morgan fingerprint density at radius 3 is 2.04 bits per heavy atom. The van der Waals surface area contributed by atoms with Crippen LogP contribution in [0, 0.1) is 0 Å². The quantitative estimate of drug-likeness (QED) is 0.184. The number of hydrogen-bond donors (Lipinski definition) is 2. The van der Waals surface area contributed by atoms with Crippen LogP contribution in [-0.4, -0.2) is 75.3 Å². The molecular formula is C33H41N4O9+. The molecule has 2 aromatic carbocycles. The van der Waals surface area contributed by atoms with Crippen molar-refractivity contribution in [2.75, 3.05) is 13.2 Å². The molecule has 0 radical (unpaired) electrons. The number of benzene rings is 2. The van der Waals surface area contributed by atoms with E-state index in [4.69, 9.17) is 19.0 Å². The third kappa shape index (κ3) is 8.70. The van der Waals surface area contributed by atoms with E-state index in [-0.39, 0.29) is 30.8 Å². The van der Waals surface area contributed by atoms with Gasteiger partial charge in [0, 0.05) is 11.6 Å². The Kier molecular flexibility index (Phi) is 10.2. The Balaban J connectivity index is 1.39. The van der Waals surface area contributed by atoms with Crippen LogP contribution in [0.25, 0.3) is 11.3 Å². The highest BCUT2D eigenvalue weighted by Crippen LogP contribution is 2.25. The molecule has 0 spiro atoms. The Morgan fingerprint density at radius 2 is 1.48 bits per heavy atom. The van der Waals surface area contributed by atoms with Gasteiger partial charge in [0.1, 0.15) is 35.4 Å². The zero-order valence-corrected chi connectivity index (χ0v) is 27.1. The Morgan fingerprint density at radius 1 is 0.891 bits per heavy atom. The van der Waals surface area contributed by atoms with Crippen LogP contribution in [0.2, 0.25) is 0 Å². The summed E-state index contributed by atoms with van der Waals surface area (Å²) >= 11 is 0. The number of aliphatic hydroxyl groups is 1. The number of carbonyl (C=O) groups is 4. The van der Waals surface area contributed by atoms with Crippen LogP contribution in [0.1, 0.15) is 62.3 Å². The maximum atomic E-state index is 13.0. The third-order valence-corrected chi connectivity index (χ3v) is 6.63. The van der Waals surface area contributed by atoms with E-state index < -0.39 is 47.3 Å². The third-order valence-electron chi connectivity index (χ3n) is 6.63. The van der Waals surface area contributed by atoms with Gasteiger partial charge in [-0.1, -0.05) is 12.1 Å². The molecule has 1 aliphatic heterocycles. The zero-order chi connectivity index (χ0) is 33.8. The molecule has 1 aliphatic rings. The Labute approximate surface area is 267 Å². The van der Waals surface area contributed by atoms with E-state index in [1.807, 2.05) is 40.8 Å². The van der Waals surface area contributed by atoms with Gasteiger partial charge in [0.05, 0.1) is 24.7 Å². The average molecular weight is 638 g/mol. The minimum atomic E-state index is -1.41. The molecule has 3 aromatic rings. The van der Waals surface area contributed by atoms with Gasteiger partial charge in [0.25, 0.3) is 11.8 Å². The second-order valence-corrected chi connectivity index (χ2v) is 12.8. The number of imide groups is 1. The number of hydrogen-bond acceptors (Lipinski definition) is 9.